The minimum absolute atomic E-state index is 0.152. The zero-order valence-electron chi connectivity index (χ0n) is 13.8. The van der Waals surface area contributed by atoms with Gasteiger partial charge in [0.2, 0.25) is 0 Å². The molecule has 1 heterocycles. The van der Waals surface area contributed by atoms with Crippen LogP contribution in [0.4, 0.5) is 0 Å². The van der Waals surface area contributed by atoms with Crippen LogP contribution in [0.5, 0.6) is 5.75 Å². The van der Waals surface area contributed by atoms with E-state index in [-0.39, 0.29) is 11.7 Å². The summed E-state index contributed by atoms with van der Waals surface area (Å²) in [6, 6.07) is 12.7. The summed E-state index contributed by atoms with van der Waals surface area (Å²) in [6.07, 6.45) is 1.25. The van der Waals surface area contributed by atoms with E-state index >= 15 is 0 Å². The van der Waals surface area contributed by atoms with Gasteiger partial charge in [0.05, 0.1) is 22.3 Å². The summed E-state index contributed by atoms with van der Waals surface area (Å²) in [5.74, 6) is 0.819. The first kappa shape index (κ1) is 17.8. The molecule has 0 fully saturated rings. The largest absolute Gasteiger partial charge is 0.507 e. The summed E-state index contributed by atoms with van der Waals surface area (Å²) in [5.41, 5.74) is 2.59. The molecule has 2 N–H and O–H groups in total. The number of rotatable bonds is 4. The quantitative estimate of drug-likeness (QED) is 0.585. The van der Waals surface area contributed by atoms with Crippen LogP contribution in [0, 0.1) is 11.3 Å². The second kappa shape index (κ2) is 7.46. The van der Waals surface area contributed by atoms with E-state index in [1.807, 2.05) is 24.3 Å². The molecule has 0 saturated carbocycles. The molecule has 130 valence electrons. The Morgan fingerprint density at radius 3 is 2.72 bits per heavy atom. The maximum atomic E-state index is 10.0. The maximum Gasteiger partial charge on any atom is 0.124 e. The topological polar surface area (TPSA) is 59.7 Å². The lowest BCUT2D eigenvalue weighted by atomic mass is 9.98. The molecular formula is C19H19Cl2N3O. The van der Waals surface area contributed by atoms with Gasteiger partial charge >= 0.3 is 0 Å². The first-order valence-electron chi connectivity index (χ1n) is 8.11. The summed E-state index contributed by atoms with van der Waals surface area (Å²) in [6.45, 7) is 2.70. The zero-order chi connectivity index (χ0) is 18.0. The van der Waals surface area contributed by atoms with E-state index in [1.165, 1.54) is 0 Å². The number of amidine groups is 1. The van der Waals surface area contributed by atoms with Crippen LogP contribution in [0.25, 0.3) is 0 Å². The number of hydrogen-bond donors (Lipinski definition) is 2. The number of hydrogen-bond acceptors (Lipinski definition) is 3. The summed E-state index contributed by atoms with van der Waals surface area (Å²) in [5, 5.41) is 25.7. The van der Waals surface area contributed by atoms with E-state index in [2.05, 4.69) is 12.0 Å². The van der Waals surface area contributed by atoms with Crippen molar-refractivity contribution in [3.05, 3.63) is 63.6 Å². The van der Waals surface area contributed by atoms with E-state index < -0.39 is 0 Å². The number of phenolic OH excluding ortho intramolecular Hbond substituents is 1. The second-order valence-corrected chi connectivity index (χ2v) is 7.00. The van der Waals surface area contributed by atoms with Crippen LogP contribution in [0.2, 0.25) is 10.0 Å². The highest BCUT2D eigenvalue weighted by atomic mass is 35.5. The zero-order valence-corrected chi connectivity index (χ0v) is 15.3. The molecule has 6 heteroatoms. The molecule has 1 aliphatic heterocycles. The number of nitrogens with zero attached hydrogens (tertiary/aromatic N) is 2. The fraction of sp³-hybridized carbons (Fsp3) is 0.263. The van der Waals surface area contributed by atoms with Gasteiger partial charge in [-0.2, -0.15) is 5.10 Å². The summed E-state index contributed by atoms with van der Waals surface area (Å²) < 4.78 is 0. The fourth-order valence-corrected chi connectivity index (χ4v) is 3.20. The third-order valence-corrected chi connectivity index (χ3v) is 5.01. The smallest absolute Gasteiger partial charge is 0.124 e. The SMILES string of the molecule is CC1CN(C(=N)CCc2ccc(Cl)c(Cl)c2)N=C1c1ccccc1O. The number of para-hydroxylation sites is 1. The molecule has 0 radical (unpaired) electrons. The highest BCUT2D eigenvalue weighted by Gasteiger charge is 2.27. The Hall–Kier alpha value is -2.04. The molecule has 3 rings (SSSR count). The fourth-order valence-electron chi connectivity index (χ4n) is 2.88. The number of nitrogens with one attached hydrogen (secondary N) is 1. The Morgan fingerprint density at radius 1 is 1.24 bits per heavy atom. The highest BCUT2D eigenvalue weighted by Crippen LogP contribution is 2.26. The van der Waals surface area contributed by atoms with Crippen molar-refractivity contribution in [3.63, 3.8) is 0 Å². The van der Waals surface area contributed by atoms with Gasteiger partial charge in [0, 0.05) is 17.9 Å². The molecule has 0 saturated heterocycles. The van der Waals surface area contributed by atoms with Crippen LogP contribution in [-0.4, -0.2) is 28.2 Å². The minimum atomic E-state index is 0.152. The monoisotopic (exact) mass is 375 g/mol. The molecule has 25 heavy (non-hydrogen) atoms. The molecule has 1 atom stereocenters. The lowest BCUT2D eigenvalue weighted by molar-refractivity contribution is 0.443. The van der Waals surface area contributed by atoms with Crippen molar-refractivity contribution >= 4 is 34.7 Å². The van der Waals surface area contributed by atoms with Crippen molar-refractivity contribution in [2.45, 2.75) is 19.8 Å². The molecule has 0 amide bonds. The Kier molecular flexibility index (Phi) is 5.30. The minimum Gasteiger partial charge on any atom is -0.507 e. The lowest BCUT2D eigenvalue weighted by Crippen LogP contribution is -2.25. The van der Waals surface area contributed by atoms with Crippen LogP contribution >= 0.6 is 23.2 Å². The van der Waals surface area contributed by atoms with Gasteiger partial charge in [-0.1, -0.05) is 48.3 Å². The van der Waals surface area contributed by atoms with E-state index in [0.29, 0.717) is 35.3 Å². The summed E-state index contributed by atoms with van der Waals surface area (Å²) in [7, 11) is 0. The number of hydrazone groups is 1. The molecule has 2 aromatic carbocycles. The maximum absolute atomic E-state index is 10.0. The van der Waals surface area contributed by atoms with E-state index in [9.17, 15) is 5.11 Å². The lowest BCUT2D eigenvalue weighted by Gasteiger charge is -2.15. The van der Waals surface area contributed by atoms with Gasteiger partial charge in [0.15, 0.2) is 0 Å². The highest BCUT2D eigenvalue weighted by molar-refractivity contribution is 6.42. The van der Waals surface area contributed by atoms with Gasteiger partial charge in [-0.25, -0.2) is 0 Å². The number of benzene rings is 2. The molecule has 1 unspecified atom stereocenters. The second-order valence-electron chi connectivity index (χ2n) is 6.18. The van der Waals surface area contributed by atoms with Crippen LogP contribution < -0.4 is 0 Å². The number of phenols is 1. The van der Waals surface area contributed by atoms with Crippen molar-refractivity contribution in [2.75, 3.05) is 6.54 Å². The van der Waals surface area contributed by atoms with Gasteiger partial charge in [0.25, 0.3) is 0 Å². The average molecular weight is 376 g/mol. The van der Waals surface area contributed by atoms with Gasteiger partial charge < -0.3 is 5.11 Å². The standard InChI is InChI=1S/C19H19Cl2N3O/c1-12-11-24(23-19(12)14-4-2-3-5-17(14)25)18(22)9-7-13-6-8-15(20)16(21)10-13/h2-6,8,10,12,22,25H,7,9,11H2,1H3. The predicted octanol–water partition coefficient (Wildman–Crippen LogP) is 4.96. The van der Waals surface area contributed by atoms with Crippen LogP contribution in [0.1, 0.15) is 24.5 Å². The summed E-state index contributed by atoms with van der Waals surface area (Å²) in [4.78, 5) is 0. The molecule has 0 spiro atoms. The number of aryl methyl sites for hydroxylation is 1. The van der Waals surface area contributed by atoms with Crippen LogP contribution in [-0.2, 0) is 6.42 Å². The van der Waals surface area contributed by atoms with E-state index in [0.717, 1.165) is 16.8 Å². The number of halogens is 2. The molecule has 0 bridgehead atoms. The third-order valence-electron chi connectivity index (χ3n) is 4.27. The molecular weight excluding hydrogens is 357 g/mol. The Labute approximate surface area is 157 Å². The molecule has 1 aliphatic rings. The van der Waals surface area contributed by atoms with Gasteiger partial charge in [-0.05, 0) is 36.2 Å². The Bertz CT molecular complexity index is 835. The average Bonchev–Trinajstić information content (AvgIpc) is 2.98. The first-order chi connectivity index (χ1) is 12.0. The Morgan fingerprint density at radius 2 is 2.00 bits per heavy atom. The normalized spacial score (nSPS) is 16.8. The van der Waals surface area contributed by atoms with Crippen LogP contribution in [0.15, 0.2) is 47.6 Å². The van der Waals surface area contributed by atoms with Crippen molar-refractivity contribution in [1.82, 2.24) is 5.01 Å². The van der Waals surface area contributed by atoms with Gasteiger partial charge in [0.1, 0.15) is 11.6 Å². The Balaban J connectivity index is 1.68. The van der Waals surface area contributed by atoms with Crippen molar-refractivity contribution < 1.29 is 5.11 Å². The van der Waals surface area contributed by atoms with Crippen molar-refractivity contribution in [1.29, 1.82) is 5.41 Å². The predicted molar refractivity (Wildman–Crippen MR) is 103 cm³/mol. The summed E-state index contributed by atoms with van der Waals surface area (Å²) >= 11 is 12.0. The van der Waals surface area contributed by atoms with E-state index in [4.69, 9.17) is 28.6 Å². The molecule has 2 aromatic rings. The first-order valence-corrected chi connectivity index (χ1v) is 8.87. The van der Waals surface area contributed by atoms with Gasteiger partial charge in [-0.15, -0.1) is 0 Å². The molecule has 4 nitrogen and oxygen atoms in total. The molecule has 0 aromatic heterocycles. The third kappa shape index (κ3) is 3.97. The molecule has 0 aliphatic carbocycles. The van der Waals surface area contributed by atoms with Crippen LogP contribution in [0.3, 0.4) is 0 Å². The van der Waals surface area contributed by atoms with E-state index in [1.54, 1.807) is 23.2 Å². The van der Waals surface area contributed by atoms with Crippen molar-refractivity contribution in [2.24, 2.45) is 11.0 Å². The van der Waals surface area contributed by atoms with Gasteiger partial charge in [-0.3, -0.25) is 10.4 Å². The number of aromatic hydroxyl groups is 1. The van der Waals surface area contributed by atoms with Crippen molar-refractivity contribution in [3.8, 4) is 5.75 Å².